The van der Waals surface area contributed by atoms with E-state index in [1.807, 2.05) is 0 Å². The molecule has 14 heavy (non-hydrogen) atoms. The molecule has 0 fully saturated rings. The van der Waals surface area contributed by atoms with Gasteiger partial charge in [-0.05, 0) is 31.6 Å². The molecule has 3 nitrogen and oxygen atoms in total. The number of nitrogens with one attached hydrogen (secondary N) is 1. The average Bonchev–Trinajstić information content (AvgIpc) is 2.01. The monoisotopic (exact) mass is 197 g/mol. The van der Waals surface area contributed by atoms with Crippen LogP contribution < -0.4 is 5.32 Å². The van der Waals surface area contributed by atoms with Crippen molar-refractivity contribution in [3.05, 3.63) is 11.6 Å². The molecule has 2 N–H and O–H groups in total. The molecule has 1 rings (SSSR count). The molecular weight excluding hydrogens is 178 g/mol. The van der Waals surface area contributed by atoms with Crippen LogP contribution in [0.5, 0.6) is 0 Å². The molecule has 0 spiro atoms. The zero-order valence-corrected chi connectivity index (χ0v) is 9.08. The van der Waals surface area contributed by atoms with Crippen molar-refractivity contribution >= 4 is 6.09 Å². The van der Waals surface area contributed by atoms with Gasteiger partial charge in [0.05, 0.1) is 6.04 Å². The number of amides is 1. The third-order valence-electron chi connectivity index (χ3n) is 2.94. The Labute approximate surface area is 85.2 Å². The predicted octanol–water partition coefficient (Wildman–Crippen LogP) is 2.63. The van der Waals surface area contributed by atoms with Gasteiger partial charge in [0.25, 0.3) is 0 Å². The topological polar surface area (TPSA) is 49.3 Å². The van der Waals surface area contributed by atoms with Crippen LogP contribution in [0.1, 0.15) is 33.6 Å². The van der Waals surface area contributed by atoms with Crippen molar-refractivity contribution in [3.8, 4) is 0 Å². The lowest BCUT2D eigenvalue weighted by Gasteiger charge is -2.32. The summed E-state index contributed by atoms with van der Waals surface area (Å²) < 4.78 is 0. The van der Waals surface area contributed by atoms with Gasteiger partial charge in [0.2, 0.25) is 0 Å². The van der Waals surface area contributed by atoms with Crippen molar-refractivity contribution in [3.63, 3.8) is 0 Å². The second kappa shape index (κ2) is 4.49. The lowest BCUT2D eigenvalue weighted by atomic mass is 9.79. The fourth-order valence-corrected chi connectivity index (χ4v) is 2.13. The van der Waals surface area contributed by atoms with E-state index in [0.717, 1.165) is 12.8 Å². The van der Waals surface area contributed by atoms with Crippen LogP contribution in [0.15, 0.2) is 11.6 Å². The number of rotatable bonds is 2. The van der Waals surface area contributed by atoms with Crippen molar-refractivity contribution in [1.29, 1.82) is 0 Å². The molecule has 0 radical (unpaired) electrons. The van der Waals surface area contributed by atoms with Crippen molar-refractivity contribution in [1.82, 2.24) is 5.32 Å². The van der Waals surface area contributed by atoms with E-state index in [1.165, 1.54) is 5.57 Å². The fourth-order valence-electron chi connectivity index (χ4n) is 2.13. The lowest BCUT2D eigenvalue weighted by Crippen LogP contribution is -2.41. The molecule has 2 unspecified atom stereocenters. The van der Waals surface area contributed by atoms with Crippen molar-refractivity contribution in [2.45, 2.75) is 39.7 Å². The number of hydrogen-bond donors (Lipinski definition) is 2. The Morgan fingerprint density at radius 1 is 1.64 bits per heavy atom. The molecule has 0 aromatic carbocycles. The smallest absolute Gasteiger partial charge is 0.405 e. The molecule has 1 aliphatic carbocycles. The molecule has 0 aromatic rings. The van der Waals surface area contributed by atoms with Gasteiger partial charge in [0, 0.05) is 0 Å². The Kier molecular flexibility index (Phi) is 3.55. The molecule has 0 saturated carbocycles. The molecule has 1 amide bonds. The minimum absolute atomic E-state index is 0.00116. The van der Waals surface area contributed by atoms with Gasteiger partial charge in [-0.1, -0.05) is 25.5 Å². The molecule has 1 aliphatic rings. The summed E-state index contributed by atoms with van der Waals surface area (Å²) in [5.41, 5.74) is 1.29. The van der Waals surface area contributed by atoms with E-state index in [0.29, 0.717) is 11.8 Å². The first-order valence-electron chi connectivity index (χ1n) is 5.17. The Bertz CT molecular complexity index is 246. The van der Waals surface area contributed by atoms with Crippen LogP contribution >= 0.6 is 0 Å². The molecule has 3 heteroatoms. The summed E-state index contributed by atoms with van der Waals surface area (Å²) in [5, 5.41) is 11.3. The molecule has 80 valence electrons. The summed E-state index contributed by atoms with van der Waals surface area (Å²) in [6.45, 7) is 6.36. The molecule has 0 aromatic heterocycles. The Balaban J connectivity index is 2.72. The van der Waals surface area contributed by atoms with Crippen molar-refractivity contribution < 1.29 is 9.90 Å². The van der Waals surface area contributed by atoms with E-state index in [-0.39, 0.29) is 6.04 Å². The molecule has 0 heterocycles. The van der Waals surface area contributed by atoms with Crippen LogP contribution in [0.3, 0.4) is 0 Å². The van der Waals surface area contributed by atoms with Gasteiger partial charge in [0.1, 0.15) is 0 Å². The highest BCUT2D eigenvalue weighted by Crippen LogP contribution is 2.29. The van der Waals surface area contributed by atoms with Gasteiger partial charge in [0.15, 0.2) is 0 Å². The standard InChI is InChI=1S/C11H19NO2/c1-7(2)9-5-4-8(3)6-10(9)12-11(13)14/h6-7,9-10,12H,4-5H2,1-3H3,(H,13,14). The summed E-state index contributed by atoms with van der Waals surface area (Å²) in [4.78, 5) is 10.6. The van der Waals surface area contributed by atoms with Crippen LogP contribution in [0.2, 0.25) is 0 Å². The zero-order valence-electron chi connectivity index (χ0n) is 9.08. The SMILES string of the molecule is CC1=CC(NC(=O)O)C(C(C)C)CC1. The van der Waals surface area contributed by atoms with Gasteiger partial charge in [-0.25, -0.2) is 4.79 Å². The van der Waals surface area contributed by atoms with Crippen LogP contribution in [-0.2, 0) is 0 Å². The van der Waals surface area contributed by atoms with E-state index >= 15 is 0 Å². The van der Waals surface area contributed by atoms with E-state index < -0.39 is 6.09 Å². The maximum Gasteiger partial charge on any atom is 0.405 e. The van der Waals surface area contributed by atoms with Crippen LogP contribution in [0, 0.1) is 11.8 Å². The average molecular weight is 197 g/mol. The summed E-state index contributed by atoms with van der Waals surface area (Å²) >= 11 is 0. The normalized spacial score (nSPS) is 27.3. The Hall–Kier alpha value is -0.990. The third-order valence-corrected chi connectivity index (χ3v) is 2.94. The highest BCUT2D eigenvalue weighted by atomic mass is 16.4. The first kappa shape index (κ1) is 11.1. The number of allylic oxidation sites excluding steroid dienone is 1. The van der Waals surface area contributed by atoms with Crippen molar-refractivity contribution in [2.24, 2.45) is 11.8 Å². The molecule has 0 bridgehead atoms. The highest BCUT2D eigenvalue weighted by Gasteiger charge is 2.27. The van der Waals surface area contributed by atoms with Gasteiger partial charge in [-0.3, -0.25) is 0 Å². The molecular formula is C11H19NO2. The highest BCUT2D eigenvalue weighted by molar-refractivity contribution is 5.65. The molecule has 0 aliphatic heterocycles. The molecule has 2 atom stereocenters. The van der Waals surface area contributed by atoms with Crippen LogP contribution in [0.4, 0.5) is 4.79 Å². The first-order valence-corrected chi connectivity index (χ1v) is 5.17. The van der Waals surface area contributed by atoms with Gasteiger partial charge >= 0.3 is 6.09 Å². The maximum absolute atomic E-state index is 10.6. The van der Waals surface area contributed by atoms with Gasteiger partial charge in [-0.15, -0.1) is 0 Å². The van der Waals surface area contributed by atoms with Gasteiger partial charge < -0.3 is 10.4 Å². The van der Waals surface area contributed by atoms with E-state index in [4.69, 9.17) is 5.11 Å². The van der Waals surface area contributed by atoms with Crippen LogP contribution in [0.25, 0.3) is 0 Å². The molecule has 0 saturated heterocycles. The minimum Gasteiger partial charge on any atom is -0.465 e. The summed E-state index contributed by atoms with van der Waals surface area (Å²) in [6, 6.07) is 0.00116. The number of carbonyl (C=O) groups is 1. The number of carboxylic acid groups (broad SMARTS) is 1. The lowest BCUT2D eigenvalue weighted by molar-refractivity contribution is 0.181. The number of hydrogen-bond acceptors (Lipinski definition) is 1. The zero-order chi connectivity index (χ0) is 10.7. The largest absolute Gasteiger partial charge is 0.465 e. The predicted molar refractivity (Wildman–Crippen MR) is 56.3 cm³/mol. The van der Waals surface area contributed by atoms with Crippen LogP contribution in [-0.4, -0.2) is 17.2 Å². The summed E-state index contributed by atoms with van der Waals surface area (Å²) in [7, 11) is 0. The van der Waals surface area contributed by atoms with E-state index in [9.17, 15) is 4.79 Å². The Morgan fingerprint density at radius 3 is 2.79 bits per heavy atom. The second-order valence-electron chi connectivity index (χ2n) is 4.43. The Morgan fingerprint density at radius 2 is 2.29 bits per heavy atom. The quantitative estimate of drug-likeness (QED) is 0.668. The fraction of sp³-hybridized carbons (Fsp3) is 0.727. The minimum atomic E-state index is -0.924. The maximum atomic E-state index is 10.6. The van der Waals surface area contributed by atoms with E-state index in [2.05, 4.69) is 32.2 Å². The van der Waals surface area contributed by atoms with E-state index in [1.54, 1.807) is 0 Å². The van der Waals surface area contributed by atoms with Crippen molar-refractivity contribution in [2.75, 3.05) is 0 Å². The summed E-state index contributed by atoms with van der Waals surface area (Å²) in [6.07, 6.45) is 3.32. The summed E-state index contributed by atoms with van der Waals surface area (Å²) in [5.74, 6) is 0.964. The van der Waals surface area contributed by atoms with Gasteiger partial charge in [-0.2, -0.15) is 0 Å². The third kappa shape index (κ3) is 2.76. The second-order valence-corrected chi connectivity index (χ2v) is 4.43. The first-order chi connectivity index (χ1) is 6.50.